The minimum absolute atomic E-state index is 0.0212. The molecule has 0 saturated heterocycles. The molecule has 1 rings (SSSR count). The summed E-state index contributed by atoms with van der Waals surface area (Å²) in [4.78, 5) is 0. The third kappa shape index (κ3) is 6.93. The average molecular weight is 315 g/mol. The molecule has 6 heteroatoms. The van der Waals surface area contributed by atoms with Crippen molar-refractivity contribution in [2.75, 3.05) is 24.7 Å². The van der Waals surface area contributed by atoms with Crippen LogP contribution in [0.4, 0.5) is 5.69 Å². The third-order valence-corrected chi connectivity index (χ3v) is 3.85. The van der Waals surface area contributed by atoms with Gasteiger partial charge in [-0.1, -0.05) is 12.1 Å². The molecule has 0 saturated carbocycles. The zero-order valence-corrected chi connectivity index (χ0v) is 13.9. The smallest absolute Gasteiger partial charge is 0.151 e. The van der Waals surface area contributed by atoms with E-state index in [0.29, 0.717) is 6.54 Å². The molecule has 0 radical (unpaired) electrons. The van der Waals surface area contributed by atoms with Gasteiger partial charge < -0.3 is 15.2 Å². The first-order valence-corrected chi connectivity index (χ1v) is 9.05. The highest BCUT2D eigenvalue weighted by molar-refractivity contribution is 7.89. The molecule has 1 aromatic carbocycles. The van der Waals surface area contributed by atoms with Gasteiger partial charge >= 0.3 is 0 Å². The number of benzene rings is 1. The first kappa shape index (κ1) is 17.9. The van der Waals surface area contributed by atoms with Crippen molar-refractivity contribution < 1.29 is 18.3 Å². The number of aliphatic hydroxyl groups is 1. The Morgan fingerprint density at radius 3 is 2.57 bits per heavy atom. The number of nitrogens with one attached hydrogen (secondary N) is 1. The number of hydrogen-bond donors (Lipinski definition) is 2. The molecule has 0 aromatic heterocycles. The van der Waals surface area contributed by atoms with E-state index in [2.05, 4.69) is 5.32 Å². The number of anilines is 1. The van der Waals surface area contributed by atoms with Crippen LogP contribution in [0.15, 0.2) is 18.2 Å². The second kappa shape index (κ2) is 7.77. The van der Waals surface area contributed by atoms with E-state index < -0.39 is 15.9 Å². The fraction of sp³-hybridized carbons (Fsp3) is 0.600. The summed E-state index contributed by atoms with van der Waals surface area (Å²) < 4.78 is 28.1. The van der Waals surface area contributed by atoms with E-state index in [1.165, 1.54) is 6.26 Å². The summed E-state index contributed by atoms with van der Waals surface area (Å²) in [6.45, 7) is 6.33. The molecular formula is C15H25NO4S. The van der Waals surface area contributed by atoms with Gasteiger partial charge in [-0.15, -0.1) is 0 Å². The molecule has 0 heterocycles. The quantitative estimate of drug-likeness (QED) is 0.764. The summed E-state index contributed by atoms with van der Waals surface area (Å²) in [6, 6.07) is 5.49. The standard InChI is InChI=1S/C15H25NO4S/c1-11(2)20-9-14(17)8-16-15-7-5-6-13(12(15)3)10-21(4,18)19/h5-7,11,14,16-17H,8-10H2,1-4H3. The van der Waals surface area contributed by atoms with Crippen molar-refractivity contribution in [1.82, 2.24) is 0 Å². The lowest BCUT2D eigenvalue weighted by Crippen LogP contribution is -2.26. The molecule has 0 bridgehead atoms. The Morgan fingerprint density at radius 1 is 1.33 bits per heavy atom. The lowest BCUT2D eigenvalue weighted by Gasteiger charge is -2.17. The van der Waals surface area contributed by atoms with Crippen LogP contribution in [-0.2, 0) is 20.3 Å². The lowest BCUT2D eigenvalue weighted by atomic mass is 10.1. The molecule has 0 aliphatic rings. The summed E-state index contributed by atoms with van der Waals surface area (Å²) in [5, 5.41) is 13.0. The van der Waals surface area contributed by atoms with Gasteiger partial charge in [-0.25, -0.2) is 8.42 Å². The first-order chi connectivity index (χ1) is 9.69. The highest BCUT2D eigenvalue weighted by atomic mass is 32.2. The molecule has 21 heavy (non-hydrogen) atoms. The highest BCUT2D eigenvalue weighted by Gasteiger charge is 2.11. The molecular weight excluding hydrogens is 290 g/mol. The number of rotatable bonds is 8. The molecule has 1 aromatic rings. The highest BCUT2D eigenvalue weighted by Crippen LogP contribution is 2.20. The maximum atomic E-state index is 11.4. The van der Waals surface area contributed by atoms with Gasteiger partial charge in [-0.3, -0.25) is 0 Å². The van der Waals surface area contributed by atoms with Crippen molar-refractivity contribution in [2.45, 2.75) is 38.7 Å². The summed E-state index contributed by atoms with van der Waals surface area (Å²) in [5.74, 6) is 0.0212. The van der Waals surface area contributed by atoms with Gasteiger partial charge in [-0.2, -0.15) is 0 Å². The van der Waals surface area contributed by atoms with E-state index in [4.69, 9.17) is 4.74 Å². The van der Waals surface area contributed by atoms with Crippen molar-refractivity contribution in [3.05, 3.63) is 29.3 Å². The van der Waals surface area contributed by atoms with E-state index in [1.54, 1.807) is 6.07 Å². The second-order valence-corrected chi connectivity index (χ2v) is 7.72. The fourth-order valence-electron chi connectivity index (χ4n) is 1.90. The number of aliphatic hydroxyl groups excluding tert-OH is 1. The van der Waals surface area contributed by atoms with Crippen LogP contribution >= 0.6 is 0 Å². The maximum absolute atomic E-state index is 11.4. The Morgan fingerprint density at radius 2 is 2.00 bits per heavy atom. The van der Waals surface area contributed by atoms with E-state index >= 15 is 0 Å². The van der Waals surface area contributed by atoms with Crippen LogP contribution in [-0.4, -0.2) is 45.1 Å². The summed E-state index contributed by atoms with van der Waals surface area (Å²) in [6.07, 6.45) is 0.698. The van der Waals surface area contributed by atoms with E-state index in [1.807, 2.05) is 32.9 Å². The fourth-order valence-corrected chi connectivity index (χ4v) is 2.78. The minimum Gasteiger partial charge on any atom is -0.389 e. The van der Waals surface area contributed by atoms with Crippen LogP contribution in [0.1, 0.15) is 25.0 Å². The topological polar surface area (TPSA) is 75.6 Å². The summed E-state index contributed by atoms with van der Waals surface area (Å²) in [5.41, 5.74) is 2.50. The summed E-state index contributed by atoms with van der Waals surface area (Å²) in [7, 11) is -3.06. The lowest BCUT2D eigenvalue weighted by molar-refractivity contribution is 0.0112. The molecule has 0 aliphatic heterocycles. The van der Waals surface area contributed by atoms with Crippen molar-refractivity contribution in [3.8, 4) is 0 Å². The molecule has 2 N–H and O–H groups in total. The largest absolute Gasteiger partial charge is 0.389 e. The van der Waals surface area contributed by atoms with E-state index in [-0.39, 0.29) is 18.5 Å². The maximum Gasteiger partial charge on any atom is 0.151 e. The van der Waals surface area contributed by atoms with Crippen molar-refractivity contribution >= 4 is 15.5 Å². The number of sulfone groups is 1. The van der Waals surface area contributed by atoms with Crippen LogP contribution in [0.5, 0.6) is 0 Å². The molecule has 120 valence electrons. The molecule has 0 spiro atoms. The van der Waals surface area contributed by atoms with E-state index in [0.717, 1.165) is 16.8 Å². The Bertz CT molecular complexity index is 555. The Labute approximate surface area is 127 Å². The zero-order valence-electron chi connectivity index (χ0n) is 13.1. The predicted molar refractivity (Wildman–Crippen MR) is 85.3 cm³/mol. The normalized spacial score (nSPS) is 13.4. The van der Waals surface area contributed by atoms with Gasteiger partial charge in [0.15, 0.2) is 9.84 Å². The third-order valence-electron chi connectivity index (χ3n) is 3.01. The molecule has 0 aliphatic carbocycles. The second-order valence-electron chi connectivity index (χ2n) is 5.58. The Kier molecular flexibility index (Phi) is 6.64. The molecule has 0 fully saturated rings. The minimum atomic E-state index is -3.06. The number of hydrogen-bond acceptors (Lipinski definition) is 5. The SMILES string of the molecule is Cc1c(CS(C)(=O)=O)cccc1NCC(O)COC(C)C. The van der Waals surface area contributed by atoms with Gasteiger partial charge in [0.25, 0.3) is 0 Å². The zero-order chi connectivity index (χ0) is 16.0. The van der Waals surface area contributed by atoms with Gasteiger partial charge in [0, 0.05) is 18.5 Å². The van der Waals surface area contributed by atoms with Crippen LogP contribution in [0, 0.1) is 6.92 Å². The van der Waals surface area contributed by atoms with Gasteiger partial charge in [0.05, 0.1) is 24.6 Å². The molecule has 0 amide bonds. The molecule has 1 atom stereocenters. The van der Waals surface area contributed by atoms with Gasteiger partial charge in [0.1, 0.15) is 0 Å². The van der Waals surface area contributed by atoms with Crippen LogP contribution in [0.3, 0.4) is 0 Å². The van der Waals surface area contributed by atoms with Crippen LogP contribution in [0.2, 0.25) is 0 Å². The van der Waals surface area contributed by atoms with E-state index in [9.17, 15) is 13.5 Å². The predicted octanol–water partition coefficient (Wildman–Crippen LogP) is 1.74. The molecule has 1 unspecified atom stereocenters. The van der Waals surface area contributed by atoms with Crippen molar-refractivity contribution in [3.63, 3.8) is 0 Å². The van der Waals surface area contributed by atoms with Crippen LogP contribution in [0.25, 0.3) is 0 Å². The van der Waals surface area contributed by atoms with Gasteiger partial charge in [0.2, 0.25) is 0 Å². The Hall–Kier alpha value is -1.11. The number of ether oxygens (including phenoxy) is 1. The first-order valence-electron chi connectivity index (χ1n) is 6.99. The van der Waals surface area contributed by atoms with Crippen LogP contribution < -0.4 is 5.32 Å². The monoisotopic (exact) mass is 315 g/mol. The van der Waals surface area contributed by atoms with Crippen molar-refractivity contribution in [1.29, 1.82) is 0 Å². The summed E-state index contributed by atoms with van der Waals surface area (Å²) >= 11 is 0. The van der Waals surface area contributed by atoms with Gasteiger partial charge in [-0.05, 0) is 38.0 Å². The Balaban J connectivity index is 2.66. The van der Waals surface area contributed by atoms with Crippen molar-refractivity contribution in [2.24, 2.45) is 0 Å². The molecule has 5 nitrogen and oxygen atoms in total. The average Bonchev–Trinajstić information content (AvgIpc) is 2.36.